The van der Waals surface area contributed by atoms with Crippen LogP contribution in [0.4, 0.5) is 14.6 Å². The highest BCUT2D eigenvalue weighted by Gasteiger charge is 2.16. The van der Waals surface area contributed by atoms with Crippen molar-refractivity contribution in [3.63, 3.8) is 0 Å². The van der Waals surface area contributed by atoms with E-state index in [1.165, 1.54) is 0 Å². The number of hydrogen-bond acceptors (Lipinski definition) is 3. The average molecular weight is 343 g/mol. The summed E-state index contributed by atoms with van der Waals surface area (Å²) < 4.78 is 27.9. The molecule has 0 unspecified atom stereocenters. The van der Waals surface area contributed by atoms with Gasteiger partial charge in [-0.2, -0.15) is 4.39 Å². The van der Waals surface area contributed by atoms with E-state index < -0.39 is 23.4 Å². The zero-order valence-corrected chi connectivity index (χ0v) is 13.9. The molecule has 1 aliphatic rings. The molecule has 2 aromatic rings. The quantitative estimate of drug-likeness (QED) is 0.924. The van der Waals surface area contributed by atoms with Crippen LogP contribution in [0.3, 0.4) is 0 Å². The molecule has 3 rings (SSSR count). The second-order valence-electron chi connectivity index (χ2n) is 6.12. The normalized spacial score (nSPS) is 15.1. The summed E-state index contributed by atoms with van der Waals surface area (Å²) in [6.07, 6.45) is 3.50. The Balaban J connectivity index is 1.83. The highest BCUT2D eigenvalue weighted by molar-refractivity contribution is 6.03. The molecule has 0 atom stereocenters. The van der Waals surface area contributed by atoms with Crippen LogP contribution in [-0.4, -0.2) is 35.9 Å². The summed E-state index contributed by atoms with van der Waals surface area (Å²) in [7, 11) is 2.05. The maximum absolute atomic E-state index is 14.0. The van der Waals surface area contributed by atoms with Crippen molar-refractivity contribution in [1.29, 1.82) is 0 Å². The number of carbonyl (C=O) groups is 1. The van der Waals surface area contributed by atoms with Crippen LogP contribution >= 0.6 is 0 Å². The minimum Gasteiger partial charge on any atom is -0.306 e. The molecule has 1 saturated heterocycles. The molecular weight excluding hydrogens is 324 g/mol. The fourth-order valence-electron chi connectivity index (χ4n) is 2.70. The number of likely N-dealkylation sites (tertiary alicyclic amines) is 1. The number of pyridine rings is 1. The second kappa shape index (κ2) is 7.53. The van der Waals surface area contributed by atoms with Crippen molar-refractivity contribution in [3.05, 3.63) is 64.9 Å². The third-order valence-corrected chi connectivity index (χ3v) is 4.18. The molecule has 25 heavy (non-hydrogen) atoms. The molecule has 2 heterocycles. The van der Waals surface area contributed by atoms with Crippen LogP contribution in [0, 0.1) is 11.6 Å². The van der Waals surface area contributed by atoms with E-state index in [1.54, 1.807) is 36.4 Å². The molecule has 6 heteroatoms. The summed E-state index contributed by atoms with van der Waals surface area (Å²) in [6, 6.07) is 9.39. The van der Waals surface area contributed by atoms with E-state index in [2.05, 4.69) is 15.2 Å². The van der Waals surface area contributed by atoms with Gasteiger partial charge in [0.15, 0.2) is 11.6 Å². The van der Waals surface area contributed by atoms with Gasteiger partial charge in [-0.3, -0.25) is 4.79 Å². The van der Waals surface area contributed by atoms with Crippen molar-refractivity contribution in [3.8, 4) is 0 Å². The van der Waals surface area contributed by atoms with Crippen LogP contribution in [0.2, 0.25) is 0 Å². The van der Waals surface area contributed by atoms with E-state index in [9.17, 15) is 13.6 Å². The lowest BCUT2D eigenvalue weighted by Gasteiger charge is -2.23. The van der Waals surface area contributed by atoms with Crippen LogP contribution in [0.1, 0.15) is 28.9 Å². The second-order valence-corrected chi connectivity index (χ2v) is 6.12. The molecule has 1 aromatic carbocycles. The van der Waals surface area contributed by atoms with Gasteiger partial charge in [0.05, 0.1) is 5.69 Å². The first kappa shape index (κ1) is 17.2. The summed E-state index contributed by atoms with van der Waals surface area (Å²) in [5.41, 5.74) is 1.79. The number of benzene rings is 1. The monoisotopic (exact) mass is 343 g/mol. The Bertz CT molecular complexity index is 796. The lowest BCUT2D eigenvalue weighted by molar-refractivity contribution is 0.102. The number of nitrogens with zero attached hydrogens (tertiary/aromatic N) is 2. The van der Waals surface area contributed by atoms with Gasteiger partial charge in [-0.15, -0.1) is 0 Å². The van der Waals surface area contributed by atoms with Crippen molar-refractivity contribution < 1.29 is 13.6 Å². The van der Waals surface area contributed by atoms with Gasteiger partial charge < -0.3 is 10.2 Å². The SMILES string of the molecule is CN1CCC(=Cc2cc(F)c(F)c(NC(=O)c3ccccc3)n2)CC1. The Labute approximate surface area is 145 Å². The Hall–Kier alpha value is -2.60. The van der Waals surface area contributed by atoms with Gasteiger partial charge in [0.1, 0.15) is 0 Å². The predicted octanol–water partition coefficient (Wildman–Crippen LogP) is 3.72. The first-order valence-electron chi connectivity index (χ1n) is 8.13. The Kier molecular flexibility index (Phi) is 5.19. The maximum atomic E-state index is 14.0. The molecule has 0 spiro atoms. The summed E-state index contributed by atoms with van der Waals surface area (Å²) in [5, 5.41) is 2.35. The molecular formula is C19H19F2N3O. The molecule has 0 saturated carbocycles. The number of amides is 1. The number of nitrogens with one attached hydrogen (secondary N) is 1. The molecule has 0 bridgehead atoms. The highest BCUT2D eigenvalue weighted by Crippen LogP contribution is 2.22. The average Bonchev–Trinajstić information content (AvgIpc) is 2.62. The fraction of sp³-hybridized carbons (Fsp3) is 0.263. The number of hydrogen-bond donors (Lipinski definition) is 1. The molecule has 4 nitrogen and oxygen atoms in total. The van der Waals surface area contributed by atoms with E-state index in [1.807, 2.05) is 7.05 Å². The van der Waals surface area contributed by atoms with E-state index >= 15 is 0 Å². The molecule has 1 amide bonds. The van der Waals surface area contributed by atoms with Crippen LogP contribution in [0.15, 0.2) is 42.0 Å². The minimum atomic E-state index is -1.16. The molecule has 1 N–H and O–H groups in total. The van der Waals surface area contributed by atoms with Crippen LogP contribution < -0.4 is 5.32 Å². The number of anilines is 1. The third kappa shape index (κ3) is 4.28. The number of halogens is 2. The van der Waals surface area contributed by atoms with E-state index in [0.717, 1.165) is 37.6 Å². The van der Waals surface area contributed by atoms with Gasteiger partial charge in [0.25, 0.3) is 5.91 Å². The largest absolute Gasteiger partial charge is 0.306 e. The van der Waals surface area contributed by atoms with E-state index in [-0.39, 0.29) is 0 Å². The van der Waals surface area contributed by atoms with Gasteiger partial charge in [0.2, 0.25) is 5.82 Å². The fourth-order valence-corrected chi connectivity index (χ4v) is 2.70. The zero-order chi connectivity index (χ0) is 17.8. The molecule has 130 valence electrons. The predicted molar refractivity (Wildman–Crippen MR) is 93.3 cm³/mol. The molecule has 0 aliphatic carbocycles. The Morgan fingerprint density at radius 3 is 2.56 bits per heavy atom. The minimum absolute atomic E-state index is 0.307. The van der Waals surface area contributed by atoms with Gasteiger partial charge in [0, 0.05) is 24.7 Å². The van der Waals surface area contributed by atoms with E-state index in [0.29, 0.717) is 11.3 Å². The maximum Gasteiger partial charge on any atom is 0.256 e. The lowest BCUT2D eigenvalue weighted by atomic mass is 10.0. The summed E-state index contributed by atoms with van der Waals surface area (Å²) in [6.45, 7) is 1.85. The van der Waals surface area contributed by atoms with Crippen LogP contribution in [-0.2, 0) is 0 Å². The Morgan fingerprint density at radius 2 is 1.88 bits per heavy atom. The first-order chi connectivity index (χ1) is 12.0. The first-order valence-corrected chi connectivity index (χ1v) is 8.13. The van der Waals surface area contributed by atoms with Gasteiger partial charge >= 0.3 is 0 Å². The molecule has 1 aromatic heterocycles. The smallest absolute Gasteiger partial charge is 0.256 e. The van der Waals surface area contributed by atoms with Crippen LogP contribution in [0.25, 0.3) is 6.08 Å². The number of rotatable bonds is 3. The number of piperidine rings is 1. The van der Waals surface area contributed by atoms with Gasteiger partial charge in [-0.1, -0.05) is 23.8 Å². The molecule has 1 fully saturated rings. The van der Waals surface area contributed by atoms with Gasteiger partial charge in [-0.25, -0.2) is 9.37 Å². The van der Waals surface area contributed by atoms with Crippen molar-refractivity contribution in [1.82, 2.24) is 9.88 Å². The zero-order valence-electron chi connectivity index (χ0n) is 13.9. The van der Waals surface area contributed by atoms with Crippen LogP contribution in [0.5, 0.6) is 0 Å². The molecule has 1 aliphatic heterocycles. The van der Waals surface area contributed by atoms with Crippen molar-refractivity contribution >= 4 is 17.8 Å². The number of aromatic nitrogens is 1. The van der Waals surface area contributed by atoms with E-state index in [4.69, 9.17) is 0 Å². The highest BCUT2D eigenvalue weighted by atomic mass is 19.2. The number of carbonyl (C=O) groups excluding carboxylic acids is 1. The summed E-state index contributed by atoms with van der Waals surface area (Å²) in [4.78, 5) is 18.4. The standard InChI is InChI=1S/C19H19F2N3O/c1-24-9-7-13(8-10-24)11-15-12-16(20)17(21)18(22-15)23-19(25)14-5-3-2-4-6-14/h2-6,11-12H,7-10H2,1H3,(H,22,23,25). The van der Waals surface area contributed by atoms with Gasteiger partial charge in [-0.05, 0) is 38.1 Å². The van der Waals surface area contributed by atoms with Crippen molar-refractivity contribution in [2.45, 2.75) is 12.8 Å². The Morgan fingerprint density at radius 1 is 1.20 bits per heavy atom. The topological polar surface area (TPSA) is 45.2 Å². The summed E-state index contributed by atoms with van der Waals surface area (Å²) in [5.74, 6) is -3.11. The van der Waals surface area contributed by atoms with Crippen molar-refractivity contribution in [2.24, 2.45) is 0 Å². The lowest BCUT2D eigenvalue weighted by Crippen LogP contribution is -2.26. The van der Waals surface area contributed by atoms with Crippen molar-refractivity contribution in [2.75, 3.05) is 25.5 Å². The molecule has 0 radical (unpaired) electrons. The third-order valence-electron chi connectivity index (χ3n) is 4.18. The summed E-state index contributed by atoms with van der Waals surface area (Å²) >= 11 is 0.